The van der Waals surface area contributed by atoms with Crippen LogP contribution in [0, 0.1) is 0 Å². The molecule has 0 saturated carbocycles. The van der Waals surface area contributed by atoms with E-state index in [2.05, 4.69) is 5.32 Å². The number of amides is 2. The van der Waals surface area contributed by atoms with Gasteiger partial charge in [-0.05, 0) is 67.6 Å². The molecule has 0 aliphatic rings. The molecular weight excluding hydrogens is 352 g/mol. The number of hydrogen-bond acceptors (Lipinski definition) is 3. The summed E-state index contributed by atoms with van der Waals surface area (Å²) in [4.78, 5) is 26.9. The molecule has 0 radical (unpaired) electrons. The Bertz CT molecular complexity index is 936. The summed E-state index contributed by atoms with van der Waals surface area (Å²) >= 11 is 0. The van der Waals surface area contributed by atoms with Crippen LogP contribution in [0.15, 0.2) is 78.9 Å². The van der Waals surface area contributed by atoms with Gasteiger partial charge in [0.15, 0.2) is 0 Å². The van der Waals surface area contributed by atoms with E-state index in [4.69, 9.17) is 4.74 Å². The van der Waals surface area contributed by atoms with Crippen LogP contribution in [0.1, 0.15) is 27.6 Å². The summed E-state index contributed by atoms with van der Waals surface area (Å²) in [7, 11) is 1.59. The predicted molar refractivity (Wildman–Crippen MR) is 111 cm³/mol. The summed E-state index contributed by atoms with van der Waals surface area (Å²) in [6.07, 6.45) is 0. The zero-order valence-corrected chi connectivity index (χ0v) is 15.9. The van der Waals surface area contributed by atoms with Gasteiger partial charge < -0.3 is 15.0 Å². The SMILES string of the molecule is CCN(C(=O)c1ccc(C(=O)Nc2ccc(OC)cc2)cc1)c1ccccc1. The quantitative estimate of drug-likeness (QED) is 0.685. The number of ether oxygens (including phenoxy) is 1. The van der Waals surface area contributed by atoms with E-state index in [-0.39, 0.29) is 11.8 Å². The lowest BCUT2D eigenvalue weighted by Gasteiger charge is -2.21. The molecule has 0 heterocycles. The molecule has 0 atom stereocenters. The fourth-order valence-corrected chi connectivity index (χ4v) is 2.85. The number of rotatable bonds is 6. The Morgan fingerprint density at radius 2 is 1.46 bits per heavy atom. The van der Waals surface area contributed by atoms with Crippen LogP contribution < -0.4 is 15.0 Å². The molecule has 0 unspecified atom stereocenters. The van der Waals surface area contributed by atoms with Crippen LogP contribution >= 0.6 is 0 Å². The van der Waals surface area contributed by atoms with Crippen LogP contribution in [0.3, 0.4) is 0 Å². The minimum Gasteiger partial charge on any atom is -0.497 e. The van der Waals surface area contributed by atoms with Crippen molar-refractivity contribution in [3.63, 3.8) is 0 Å². The van der Waals surface area contributed by atoms with Gasteiger partial charge >= 0.3 is 0 Å². The van der Waals surface area contributed by atoms with Gasteiger partial charge in [0, 0.05) is 29.0 Å². The molecule has 142 valence electrons. The van der Waals surface area contributed by atoms with Gasteiger partial charge in [-0.25, -0.2) is 0 Å². The molecule has 0 bridgehead atoms. The summed E-state index contributed by atoms with van der Waals surface area (Å²) in [5.74, 6) is 0.384. The van der Waals surface area contributed by atoms with Crippen LogP contribution in [0.5, 0.6) is 5.75 Å². The Hall–Kier alpha value is -3.60. The van der Waals surface area contributed by atoms with Gasteiger partial charge in [-0.15, -0.1) is 0 Å². The first-order chi connectivity index (χ1) is 13.6. The lowest BCUT2D eigenvalue weighted by Crippen LogP contribution is -2.30. The van der Waals surface area contributed by atoms with E-state index in [1.54, 1.807) is 60.5 Å². The Labute approximate surface area is 164 Å². The van der Waals surface area contributed by atoms with Gasteiger partial charge in [0.2, 0.25) is 0 Å². The molecule has 3 rings (SSSR count). The molecule has 0 aromatic heterocycles. The maximum Gasteiger partial charge on any atom is 0.258 e. The van der Waals surface area contributed by atoms with Crippen molar-refractivity contribution < 1.29 is 14.3 Å². The second-order valence-electron chi connectivity index (χ2n) is 6.14. The molecular formula is C23H22N2O3. The van der Waals surface area contributed by atoms with Gasteiger partial charge in [-0.3, -0.25) is 9.59 Å². The second kappa shape index (κ2) is 8.86. The minimum absolute atomic E-state index is 0.101. The summed E-state index contributed by atoms with van der Waals surface area (Å²) in [6.45, 7) is 2.49. The summed E-state index contributed by atoms with van der Waals surface area (Å²) in [5.41, 5.74) is 2.53. The molecule has 0 saturated heterocycles. The maximum atomic E-state index is 12.8. The molecule has 0 spiro atoms. The van der Waals surface area contributed by atoms with Crippen LogP contribution in [0.2, 0.25) is 0 Å². The largest absolute Gasteiger partial charge is 0.497 e. The highest BCUT2D eigenvalue weighted by Crippen LogP contribution is 2.18. The highest BCUT2D eigenvalue weighted by Gasteiger charge is 2.16. The van der Waals surface area contributed by atoms with E-state index in [1.165, 1.54) is 0 Å². The average Bonchev–Trinajstić information content (AvgIpc) is 2.75. The van der Waals surface area contributed by atoms with Crippen molar-refractivity contribution >= 4 is 23.2 Å². The first-order valence-electron chi connectivity index (χ1n) is 9.04. The minimum atomic E-state index is -0.237. The fraction of sp³-hybridized carbons (Fsp3) is 0.130. The molecule has 1 N–H and O–H groups in total. The van der Waals surface area contributed by atoms with E-state index < -0.39 is 0 Å². The Morgan fingerprint density at radius 3 is 2.04 bits per heavy atom. The summed E-state index contributed by atoms with van der Waals surface area (Å²) in [5, 5.41) is 2.83. The topological polar surface area (TPSA) is 58.6 Å². The smallest absolute Gasteiger partial charge is 0.258 e. The lowest BCUT2D eigenvalue weighted by molar-refractivity contribution is 0.0985. The number of carbonyl (C=O) groups is 2. The monoisotopic (exact) mass is 374 g/mol. The first kappa shape index (κ1) is 19.2. The van der Waals surface area contributed by atoms with Crippen molar-refractivity contribution in [1.82, 2.24) is 0 Å². The average molecular weight is 374 g/mol. The molecule has 0 aliphatic carbocycles. The van der Waals surface area contributed by atoms with E-state index in [0.29, 0.717) is 23.4 Å². The highest BCUT2D eigenvalue weighted by molar-refractivity contribution is 6.08. The third-order valence-electron chi connectivity index (χ3n) is 4.37. The predicted octanol–water partition coefficient (Wildman–Crippen LogP) is 4.61. The maximum absolute atomic E-state index is 12.8. The van der Waals surface area contributed by atoms with Gasteiger partial charge in [0.1, 0.15) is 5.75 Å². The third kappa shape index (κ3) is 4.38. The first-order valence-corrected chi connectivity index (χ1v) is 9.04. The summed E-state index contributed by atoms with van der Waals surface area (Å²) < 4.78 is 5.11. The number of methoxy groups -OCH3 is 1. The molecule has 3 aromatic carbocycles. The van der Waals surface area contributed by atoms with Crippen LogP contribution in [-0.4, -0.2) is 25.5 Å². The van der Waals surface area contributed by atoms with Crippen molar-refractivity contribution in [2.45, 2.75) is 6.92 Å². The summed E-state index contributed by atoms with van der Waals surface area (Å²) in [6, 6.07) is 23.3. The highest BCUT2D eigenvalue weighted by atomic mass is 16.5. The number of benzene rings is 3. The van der Waals surface area contributed by atoms with Crippen molar-refractivity contribution in [3.05, 3.63) is 90.0 Å². The Balaban J connectivity index is 1.71. The van der Waals surface area contributed by atoms with Crippen molar-refractivity contribution in [1.29, 1.82) is 0 Å². The Morgan fingerprint density at radius 1 is 0.857 bits per heavy atom. The third-order valence-corrected chi connectivity index (χ3v) is 4.37. The van der Waals surface area contributed by atoms with Crippen LogP contribution in [-0.2, 0) is 0 Å². The number of para-hydroxylation sites is 1. The molecule has 0 aliphatic heterocycles. The van der Waals surface area contributed by atoms with Gasteiger partial charge in [0.05, 0.1) is 7.11 Å². The van der Waals surface area contributed by atoms with Crippen molar-refractivity contribution in [2.24, 2.45) is 0 Å². The molecule has 28 heavy (non-hydrogen) atoms. The molecule has 2 amide bonds. The molecule has 5 heteroatoms. The molecule has 5 nitrogen and oxygen atoms in total. The number of anilines is 2. The van der Waals surface area contributed by atoms with E-state index >= 15 is 0 Å². The van der Waals surface area contributed by atoms with E-state index in [0.717, 1.165) is 11.4 Å². The van der Waals surface area contributed by atoms with Gasteiger partial charge in [0.25, 0.3) is 11.8 Å². The zero-order valence-electron chi connectivity index (χ0n) is 15.9. The van der Waals surface area contributed by atoms with Crippen LogP contribution in [0.25, 0.3) is 0 Å². The lowest BCUT2D eigenvalue weighted by atomic mass is 10.1. The van der Waals surface area contributed by atoms with Gasteiger partial charge in [-0.1, -0.05) is 18.2 Å². The normalized spacial score (nSPS) is 10.2. The second-order valence-corrected chi connectivity index (χ2v) is 6.14. The Kier molecular flexibility index (Phi) is 6.07. The fourth-order valence-electron chi connectivity index (χ4n) is 2.85. The van der Waals surface area contributed by atoms with Crippen LogP contribution in [0.4, 0.5) is 11.4 Å². The molecule has 3 aromatic rings. The standard InChI is InChI=1S/C23H22N2O3/c1-3-25(20-7-5-4-6-8-20)23(27)18-11-9-17(10-12-18)22(26)24-19-13-15-21(28-2)16-14-19/h4-16H,3H2,1-2H3,(H,24,26). The number of nitrogens with zero attached hydrogens (tertiary/aromatic N) is 1. The molecule has 0 fully saturated rings. The number of nitrogens with one attached hydrogen (secondary N) is 1. The number of hydrogen-bond donors (Lipinski definition) is 1. The zero-order chi connectivity index (χ0) is 19.9. The van der Waals surface area contributed by atoms with E-state index in [1.807, 2.05) is 37.3 Å². The van der Waals surface area contributed by atoms with Crippen molar-refractivity contribution in [3.8, 4) is 5.75 Å². The van der Waals surface area contributed by atoms with E-state index in [9.17, 15) is 9.59 Å². The number of carbonyl (C=O) groups excluding carboxylic acids is 2. The van der Waals surface area contributed by atoms with Gasteiger partial charge in [-0.2, -0.15) is 0 Å². The van der Waals surface area contributed by atoms with Crippen molar-refractivity contribution in [2.75, 3.05) is 23.9 Å².